The van der Waals surface area contributed by atoms with E-state index in [1.807, 2.05) is 18.7 Å². The highest BCUT2D eigenvalue weighted by Crippen LogP contribution is 2.08. The fraction of sp³-hybridized carbons (Fsp3) is 0.667. The second kappa shape index (κ2) is 5.36. The van der Waals surface area contributed by atoms with E-state index in [2.05, 4.69) is 32.4 Å². The van der Waals surface area contributed by atoms with Crippen molar-refractivity contribution in [2.24, 2.45) is 0 Å². The molecule has 1 heterocycles. The summed E-state index contributed by atoms with van der Waals surface area (Å²) in [7, 11) is 0. The van der Waals surface area contributed by atoms with E-state index in [0.717, 1.165) is 6.54 Å². The van der Waals surface area contributed by atoms with Crippen LogP contribution in [0, 0.1) is 0 Å². The number of aromatic nitrogens is 2. The number of unbranched alkanes of at least 4 members (excludes halogenated alkanes) is 1. The Labute approximate surface area is 82.1 Å². The Morgan fingerprint density at radius 1 is 1.50 bits per heavy atom. The number of nitrogens with zero attached hydrogens (tertiary/aromatic N) is 2. The molecule has 0 N–H and O–H groups in total. The van der Waals surface area contributed by atoms with Crippen LogP contribution in [0.25, 0.3) is 0 Å². The molecule has 3 heteroatoms. The average molecular weight is 231 g/mol. The van der Waals surface area contributed by atoms with Crippen LogP contribution in [0.4, 0.5) is 0 Å². The Morgan fingerprint density at radius 3 is 2.92 bits per heavy atom. The maximum Gasteiger partial charge on any atom is 0.0945 e. The summed E-state index contributed by atoms with van der Waals surface area (Å²) in [6.07, 6.45) is 9.49. The zero-order valence-electron chi connectivity index (χ0n) is 7.41. The molecular formula is C9H15BrN2. The van der Waals surface area contributed by atoms with Gasteiger partial charge in [-0.05, 0) is 12.8 Å². The summed E-state index contributed by atoms with van der Waals surface area (Å²) in [5, 5.41) is 0. The van der Waals surface area contributed by atoms with Gasteiger partial charge in [-0.15, -0.1) is 0 Å². The van der Waals surface area contributed by atoms with Crippen LogP contribution in [0.1, 0.15) is 26.2 Å². The minimum atomic E-state index is 0.653. The molecule has 12 heavy (non-hydrogen) atoms. The zero-order chi connectivity index (χ0) is 8.81. The Hall–Kier alpha value is -0.310. The van der Waals surface area contributed by atoms with Gasteiger partial charge in [-0.2, -0.15) is 0 Å². The van der Waals surface area contributed by atoms with E-state index in [9.17, 15) is 0 Å². The molecule has 0 bridgehead atoms. The standard InChI is InChI=1S/C9H15BrN2/c1-9(10)4-2-3-6-12-7-5-11-8-12/h5,7-9H,2-4,6H2,1H3. The van der Waals surface area contributed by atoms with Gasteiger partial charge in [0.25, 0.3) is 0 Å². The monoisotopic (exact) mass is 230 g/mol. The lowest BCUT2D eigenvalue weighted by atomic mass is 10.2. The summed E-state index contributed by atoms with van der Waals surface area (Å²) in [5.41, 5.74) is 0. The second-order valence-corrected chi connectivity index (χ2v) is 4.64. The largest absolute Gasteiger partial charge is 0.337 e. The number of hydrogen-bond acceptors (Lipinski definition) is 1. The van der Waals surface area contributed by atoms with Gasteiger partial charge in [0.1, 0.15) is 0 Å². The summed E-state index contributed by atoms with van der Waals surface area (Å²) < 4.78 is 2.12. The van der Waals surface area contributed by atoms with Gasteiger partial charge in [0.05, 0.1) is 6.33 Å². The number of alkyl halides is 1. The molecule has 0 amide bonds. The third kappa shape index (κ3) is 3.90. The molecule has 0 aliphatic carbocycles. The molecule has 1 atom stereocenters. The van der Waals surface area contributed by atoms with Crippen LogP contribution in [-0.4, -0.2) is 14.4 Å². The van der Waals surface area contributed by atoms with Gasteiger partial charge in [-0.25, -0.2) is 4.98 Å². The van der Waals surface area contributed by atoms with E-state index < -0.39 is 0 Å². The van der Waals surface area contributed by atoms with Crippen molar-refractivity contribution in [3.8, 4) is 0 Å². The number of aryl methyl sites for hydroxylation is 1. The molecule has 0 aliphatic heterocycles. The maximum atomic E-state index is 3.99. The maximum absolute atomic E-state index is 3.99. The molecule has 68 valence electrons. The highest BCUT2D eigenvalue weighted by Gasteiger charge is 1.95. The van der Waals surface area contributed by atoms with E-state index in [0.29, 0.717) is 4.83 Å². The molecule has 0 saturated heterocycles. The average Bonchev–Trinajstić information content (AvgIpc) is 2.49. The predicted octanol–water partition coefficient (Wildman–Crippen LogP) is 2.84. The first-order valence-corrected chi connectivity index (χ1v) is 5.30. The highest BCUT2D eigenvalue weighted by molar-refractivity contribution is 9.09. The van der Waals surface area contributed by atoms with Crippen molar-refractivity contribution in [2.75, 3.05) is 0 Å². The lowest BCUT2D eigenvalue weighted by Crippen LogP contribution is -1.96. The van der Waals surface area contributed by atoms with Gasteiger partial charge < -0.3 is 4.57 Å². The van der Waals surface area contributed by atoms with Crippen molar-refractivity contribution in [3.05, 3.63) is 18.7 Å². The smallest absolute Gasteiger partial charge is 0.0945 e. The van der Waals surface area contributed by atoms with Crippen molar-refractivity contribution in [2.45, 2.75) is 37.6 Å². The number of hydrogen-bond donors (Lipinski definition) is 0. The summed E-state index contributed by atoms with van der Waals surface area (Å²) in [4.78, 5) is 4.64. The first-order valence-electron chi connectivity index (χ1n) is 4.39. The lowest BCUT2D eigenvalue weighted by Gasteiger charge is -2.03. The third-order valence-electron chi connectivity index (χ3n) is 1.83. The van der Waals surface area contributed by atoms with Crippen LogP contribution < -0.4 is 0 Å². The zero-order valence-corrected chi connectivity index (χ0v) is 9.00. The quantitative estimate of drug-likeness (QED) is 0.562. The molecule has 0 fully saturated rings. The SMILES string of the molecule is CC(Br)CCCCn1ccnc1. The molecule has 1 aromatic heterocycles. The number of halogens is 1. The first-order chi connectivity index (χ1) is 5.79. The van der Waals surface area contributed by atoms with Gasteiger partial charge in [0.15, 0.2) is 0 Å². The molecule has 1 unspecified atom stereocenters. The van der Waals surface area contributed by atoms with Gasteiger partial charge in [0, 0.05) is 23.8 Å². The summed E-state index contributed by atoms with van der Waals surface area (Å²) in [5.74, 6) is 0. The Balaban J connectivity index is 2.04. The molecule has 0 aliphatic rings. The van der Waals surface area contributed by atoms with Crippen molar-refractivity contribution in [1.29, 1.82) is 0 Å². The Morgan fingerprint density at radius 2 is 2.33 bits per heavy atom. The van der Waals surface area contributed by atoms with Gasteiger partial charge in [0.2, 0.25) is 0 Å². The fourth-order valence-electron chi connectivity index (χ4n) is 1.14. The van der Waals surface area contributed by atoms with E-state index in [1.54, 1.807) is 0 Å². The third-order valence-corrected chi connectivity index (χ3v) is 2.29. The van der Waals surface area contributed by atoms with Crippen molar-refractivity contribution in [1.82, 2.24) is 9.55 Å². The van der Waals surface area contributed by atoms with Crippen LogP contribution in [0.5, 0.6) is 0 Å². The Kier molecular flexibility index (Phi) is 4.36. The summed E-state index contributed by atoms with van der Waals surface area (Å²) in [6.45, 7) is 3.29. The summed E-state index contributed by atoms with van der Waals surface area (Å²) in [6, 6.07) is 0. The molecule has 1 aromatic rings. The van der Waals surface area contributed by atoms with Crippen molar-refractivity contribution in [3.63, 3.8) is 0 Å². The predicted molar refractivity (Wildman–Crippen MR) is 54.5 cm³/mol. The minimum Gasteiger partial charge on any atom is -0.337 e. The van der Waals surface area contributed by atoms with Crippen LogP contribution in [0.15, 0.2) is 18.7 Å². The molecule has 0 radical (unpaired) electrons. The minimum absolute atomic E-state index is 0.653. The normalized spacial score (nSPS) is 13.2. The Bertz CT molecular complexity index is 194. The van der Waals surface area contributed by atoms with E-state index >= 15 is 0 Å². The van der Waals surface area contributed by atoms with Gasteiger partial charge in [-0.1, -0.05) is 29.3 Å². The number of imidazole rings is 1. The molecule has 0 aromatic carbocycles. The van der Waals surface area contributed by atoms with Crippen LogP contribution >= 0.6 is 15.9 Å². The first kappa shape index (κ1) is 9.78. The molecule has 0 spiro atoms. The lowest BCUT2D eigenvalue weighted by molar-refractivity contribution is 0.588. The molecule has 1 rings (SSSR count). The van der Waals surface area contributed by atoms with E-state index in [4.69, 9.17) is 0 Å². The van der Waals surface area contributed by atoms with Crippen molar-refractivity contribution >= 4 is 15.9 Å². The van der Waals surface area contributed by atoms with Crippen LogP contribution in [-0.2, 0) is 6.54 Å². The second-order valence-electron chi connectivity index (χ2n) is 3.08. The summed E-state index contributed by atoms with van der Waals surface area (Å²) >= 11 is 3.53. The molecule has 0 saturated carbocycles. The van der Waals surface area contributed by atoms with Gasteiger partial charge in [-0.3, -0.25) is 0 Å². The topological polar surface area (TPSA) is 17.8 Å². The van der Waals surface area contributed by atoms with E-state index in [-0.39, 0.29) is 0 Å². The molecule has 2 nitrogen and oxygen atoms in total. The highest BCUT2D eigenvalue weighted by atomic mass is 79.9. The number of rotatable bonds is 5. The van der Waals surface area contributed by atoms with Gasteiger partial charge >= 0.3 is 0 Å². The van der Waals surface area contributed by atoms with Crippen LogP contribution in [0.3, 0.4) is 0 Å². The van der Waals surface area contributed by atoms with Crippen molar-refractivity contribution < 1.29 is 0 Å². The fourth-order valence-corrected chi connectivity index (χ4v) is 1.46. The molecular weight excluding hydrogens is 216 g/mol. The van der Waals surface area contributed by atoms with E-state index in [1.165, 1.54) is 19.3 Å². The van der Waals surface area contributed by atoms with Crippen LogP contribution in [0.2, 0.25) is 0 Å².